The third kappa shape index (κ3) is 2.58. The Hall–Kier alpha value is -0.780. The van der Waals surface area contributed by atoms with E-state index >= 15 is 0 Å². The van der Waals surface area contributed by atoms with E-state index in [4.69, 9.17) is 0 Å². The Balaban J connectivity index is 5.20. The highest BCUT2D eigenvalue weighted by atomic mass is 14.3. The van der Waals surface area contributed by atoms with Crippen molar-refractivity contribution in [2.24, 2.45) is 5.41 Å². The first-order chi connectivity index (χ1) is 5.71. The van der Waals surface area contributed by atoms with Gasteiger partial charge in [0.05, 0.1) is 0 Å². The molecule has 0 aromatic heterocycles. The summed E-state index contributed by atoms with van der Waals surface area (Å²) in [6.45, 7) is 20.8. The number of hydrogen-bond donors (Lipinski definition) is 0. The van der Waals surface area contributed by atoms with Gasteiger partial charge in [-0.15, -0.1) is 0 Å². The summed E-state index contributed by atoms with van der Waals surface area (Å²) in [6.07, 6.45) is 0. The van der Waals surface area contributed by atoms with E-state index in [2.05, 4.69) is 47.8 Å². The normalized spacial score (nSPS) is 13.7. The molecule has 13 heavy (non-hydrogen) atoms. The second-order valence-electron chi connectivity index (χ2n) is 4.44. The van der Waals surface area contributed by atoms with Crippen molar-refractivity contribution >= 4 is 0 Å². The van der Waals surface area contributed by atoms with Crippen LogP contribution >= 0.6 is 0 Å². The van der Waals surface area contributed by atoms with Crippen LogP contribution in [0.25, 0.3) is 0 Å². The Morgan fingerprint density at radius 3 is 1.54 bits per heavy atom. The van der Waals surface area contributed by atoms with Crippen LogP contribution < -0.4 is 0 Å². The van der Waals surface area contributed by atoms with Gasteiger partial charge in [-0.05, 0) is 33.3 Å². The molecule has 0 heterocycles. The van der Waals surface area contributed by atoms with Crippen LogP contribution in [0.2, 0.25) is 0 Å². The fourth-order valence-electron chi connectivity index (χ4n) is 1.11. The lowest BCUT2D eigenvalue weighted by atomic mass is 9.76. The van der Waals surface area contributed by atoms with Crippen molar-refractivity contribution in [1.82, 2.24) is 0 Å². The number of allylic oxidation sites excluding steroid dienone is 4. The zero-order valence-corrected chi connectivity index (χ0v) is 9.91. The Bertz CT molecular complexity index is 262. The van der Waals surface area contributed by atoms with Crippen LogP contribution in [-0.4, -0.2) is 0 Å². The average Bonchev–Trinajstić information content (AvgIpc) is 2.01. The Kier molecular flexibility index (Phi) is 3.71. The van der Waals surface area contributed by atoms with Gasteiger partial charge in [-0.25, -0.2) is 0 Å². The zero-order chi connectivity index (χ0) is 10.8. The first kappa shape index (κ1) is 12.2. The molecule has 0 fully saturated rings. The van der Waals surface area contributed by atoms with Crippen molar-refractivity contribution in [3.05, 3.63) is 35.5 Å². The molecule has 0 heteroatoms. The lowest BCUT2D eigenvalue weighted by Crippen LogP contribution is -2.15. The Morgan fingerprint density at radius 2 is 1.31 bits per heavy atom. The van der Waals surface area contributed by atoms with Gasteiger partial charge in [0.1, 0.15) is 0 Å². The molecule has 0 rings (SSSR count). The van der Waals surface area contributed by atoms with Crippen molar-refractivity contribution in [2.45, 2.75) is 41.5 Å². The van der Waals surface area contributed by atoms with E-state index < -0.39 is 0 Å². The smallest absolute Gasteiger partial charge is 0.00616 e. The van der Waals surface area contributed by atoms with Gasteiger partial charge in [0.2, 0.25) is 0 Å². The van der Waals surface area contributed by atoms with Gasteiger partial charge in [-0.3, -0.25) is 0 Å². The van der Waals surface area contributed by atoms with E-state index in [1.165, 1.54) is 16.7 Å². The monoisotopic (exact) mass is 178 g/mol. The van der Waals surface area contributed by atoms with Gasteiger partial charge >= 0.3 is 0 Å². The van der Waals surface area contributed by atoms with Crippen LogP contribution in [0, 0.1) is 5.41 Å². The molecular weight excluding hydrogens is 156 g/mol. The fraction of sp³-hybridized carbons (Fsp3) is 0.538. The molecule has 0 radical (unpaired) electrons. The molecule has 0 N–H and O–H groups in total. The van der Waals surface area contributed by atoms with Gasteiger partial charge < -0.3 is 0 Å². The summed E-state index contributed by atoms with van der Waals surface area (Å²) in [5.41, 5.74) is 5.10. The summed E-state index contributed by atoms with van der Waals surface area (Å²) >= 11 is 0. The molecule has 0 aliphatic heterocycles. The van der Waals surface area contributed by atoms with Crippen LogP contribution in [0.5, 0.6) is 0 Å². The lowest BCUT2D eigenvalue weighted by Gasteiger charge is -2.28. The van der Waals surface area contributed by atoms with Crippen molar-refractivity contribution in [3.8, 4) is 0 Å². The molecule has 0 saturated heterocycles. The summed E-state index contributed by atoms with van der Waals surface area (Å²) in [4.78, 5) is 0. The van der Waals surface area contributed by atoms with Gasteiger partial charge in [0.25, 0.3) is 0 Å². The Morgan fingerprint density at radius 1 is 0.923 bits per heavy atom. The Labute approximate surface area is 83.0 Å². The largest absolute Gasteiger partial charge is 0.0993 e. The molecule has 0 nitrogen and oxygen atoms in total. The predicted molar refractivity (Wildman–Crippen MR) is 61.8 cm³/mol. The number of hydrogen-bond acceptors (Lipinski definition) is 0. The maximum atomic E-state index is 4.03. The topological polar surface area (TPSA) is 0 Å². The van der Waals surface area contributed by atoms with E-state index in [0.29, 0.717) is 0 Å². The SMILES string of the molecule is C=C(C)/C(C)=C(/C)C(C)(C)C(=C)C. The minimum absolute atomic E-state index is 0.0863. The summed E-state index contributed by atoms with van der Waals surface area (Å²) in [6, 6.07) is 0. The molecule has 0 amide bonds. The third-order valence-electron chi connectivity index (χ3n) is 3.21. The fourth-order valence-corrected chi connectivity index (χ4v) is 1.11. The number of rotatable bonds is 3. The molecule has 0 saturated carbocycles. The second-order valence-corrected chi connectivity index (χ2v) is 4.44. The highest BCUT2D eigenvalue weighted by molar-refractivity contribution is 5.35. The lowest BCUT2D eigenvalue weighted by molar-refractivity contribution is 0.535. The molecular formula is C13H22. The average molecular weight is 178 g/mol. The molecule has 0 aromatic rings. The van der Waals surface area contributed by atoms with Gasteiger partial charge in [0, 0.05) is 5.41 Å². The molecule has 0 unspecified atom stereocenters. The van der Waals surface area contributed by atoms with E-state index in [1.54, 1.807) is 0 Å². The van der Waals surface area contributed by atoms with Crippen molar-refractivity contribution in [2.75, 3.05) is 0 Å². The van der Waals surface area contributed by atoms with E-state index in [1.807, 2.05) is 6.92 Å². The van der Waals surface area contributed by atoms with Crippen LogP contribution in [-0.2, 0) is 0 Å². The van der Waals surface area contributed by atoms with Gasteiger partial charge in [-0.1, -0.05) is 43.7 Å². The molecule has 0 bridgehead atoms. The minimum atomic E-state index is 0.0863. The van der Waals surface area contributed by atoms with Gasteiger partial charge in [0.15, 0.2) is 0 Å². The van der Waals surface area contributed by atoms with E-state index in [9.17, 15) is 0 Å². The first-order valence-electron chi connectivity index (χ1n) is 4.71. The van der Waals surface area contributed by atoms with Gasteiger partial charge in [-0.2, -0.15) is 0 Å². The zero-order valence-electron chi connectivity index (χ0n) is 9.91. The standard InChI is InChI=1S/C13H22/c1-9(2)11(5)12(6)13(7,8)10(3)4/h1,3H2,2,4-8H3/b12-11-. The molecule has 0 aliphatic rings. The van der Waals surface area contributed by atoms with Crippen LogP contribution in [0.3, 0.4) is 0 Å². The van der Waals surface area contributed by atoms with Crippen LogP contribution in [0.15, 0.2) is 35.5 Å². The van der Waals surface area contributed by atoms with Crippen LogP contribution in [0.1, 0.15) is 41.5 Å². The highest BCUT2D eigenvalue weighted by Crippen LogP contribution is 2.36. The van der Waals surface area contributed by atoms with E-state index in [-0.39, 0.29) is 5.41 Å². The molecule has 0 aliphatic carbocycles. The first-order valence-corrected chi connectivity index (χ1v) is 4.71. The minimum Gasteiger partial charge on any atom is -0.0993 e. The van der Waals surface area contributed by atoms with E-state index in [0.717, 1.165) is 5.57 Å². The maximum absolute atomic E-state index is 4.03. The molecule has 0 atom stereocenters. The second kappa shape index (κ2) is 3.95. The van der Waals surface area contributed by atoms with Crippen molar-refractivity contribution < 1.29 is 0 Å². The van der Waals surface area contributed by atoms with Crippen molar-refractivity contribution in [3.63, 3.8) is 0 Å². The maximum Gasteiger partial charge on any atom is 0.00616 e. The molecule has 0 aromatic carbocycles. The van der Waals surface area contributed by atoms with Crippen molar-refractivity contribution in [1.29, 1.82) is 0 Å². The summed E-state index contributed by atoms with van der Waals surface area (Å²) in [7, 11) is 0. The summed E-state index contributed by atoms with van der Waals surface area (Å²) in [5.74, 6) is 0. The van der Waals surface area contributed by atoms with Crippen LogP contribution in [0.4, 0.5) is 0 Å². The summed E-state index contributed by atoms with van der Waals surface area (Å²) in [5, 5.41) is 0. The summed E-state index contributed by atoms with van der Waals surface area (Å²) < 4.78 is 0. The third-order valence-corrected chi connectivity index (χ3v) is 3.21. The predicted octanol–water partition coefficient (Wildman–Crippen LogP) is 4.50. The molecule has 0 spiro atoms. The highest BCUT2D eigenvalue weighted by Gasteiger charge is 2.22. The quantitative estimate of drug-likeness (QED) is 0.441. The molecule has 74 valence electrons.